The van der Waals surface area contributed by atoms with Crippen LogP contribution in [0.3, 0.4) is 0 Å². The van der Waals surface area contributed by atoms with Crippen LogP contribution in [0.1, 0.15) is 12.7 Å². The maximum atomic E-state index is 5.52. The number of aryl methyl sites for hydroxylation is 2. The number of ether oxygens (including phenoxy) is 2. The van der Waals surface area contributed by atoms with E-state index in [4.69, 9.17) is 9.47 Å². The highest BCUT2D eigenvalue weighted by molar-refractivity contribution is 5.55. The molecule has 1 heterocycles. The van der Waals surface area contributed by atoms with E-state index in [-0.39, 0.29) is 0 Å². The smallest absolute Gasteiger partial charge is 0.181 e. The molecule has 0 saturated heterocycles. The van der Waals surface area contributed by atoms with Crippen molar-refractivity contribution in [1.29, 1.82) is 0 Å². The number of hydrogen-bond donors (Lipinski definition) is 0. The summed E-state index contributed by atoms with van der Waals surface area (Å²) < 4.78 is 12.3. The summed E-state index contributed by atoms with van der Waals surface area (Å²) in [5, 5.41) is 4.40. The van der Waals surface area contributed by atoms with Crippen LogP contribution in [0.5, 0.6) is 5.75 Å². The minimum atomic E-state index is 0.553. The van der Waals surface area contributed by atoms with Crippen molar-refractivity contribution in [3.05, 3.63) is 30.1 Å². The van der Waals surface area contributed by atoms with Crippen LogP contribution in [-0.4, -0.2) is 35.1 Å². The minimum absolute atomic E-state index is 0.553. The van der Waals surface area contributed by atoms with E-state index in [0.717, 1.165) is 29.4 Å². The Kier molecular flexibility index (Phi) is 4.52. The standard InChI is InChI=1S/C14H19N3O2/c1-4-13-15-14(16-17(13)2)11-5-7-12(8-6-11)19-10-9-18-3/h5-8H,4,9-10H2,1-3H3. The van der Waals surface area contributed by atoms with Gasteiger partial charge in [0, 0.05) is 26.1 Å². The number of methoxy groups -OCH3 is 1. The van der Waals surface area contributed by atoms with Crippen LogP contribution in [0.15, 0.2) is 24.3 Å². The second-order valence-corrected chi connectivity index (χ2v) is 4.19. The van der Waals surface area contributed by atoms with Crippen molar-refractivity contribution in [3.63, 3.8) is 0 Å². The van der Waals surface area contributed by atoms with Crippen LogP contribution in [-0.2, 0) is 18.2 Å². The van der Waals surface area contributed by atoms with Gasteiger partial charge in [0.2, 0.25) is 0 Å². The molecular weight excluding hydrogens is 242 g/mol. The Morgan fingerprint density at radius 2 is 1.89 bits per heavy atom. The van der Waals surface area contributed by atoms with E-state index in [1.807, 2.05) is 36.0 Å². The molecule has 1 aromatic carbocycles. The third kappa shape index (κ3) is 3.32. The normalized spacial score (nSPS) is 10.7. The Hall–Kier alpha value is -1.88. The monoisotopic (exact) mass is 261 g/mol. The molecule has 0 fully saturated rings. The van der Waals surface area contributed by atoms with Crippen LogP contribution < -0.4 is 4.74 Å². The van der Waals surface area contributed by atoms with Crippen LogP contribution in [0.2, 0.25) is 0 Å². The van der Waals surface area contributed by atoms with Gasteiger partial charge in [0.25, 0.3) is 0 Å². The largest absolute Gasteiger partial charge is 0.491 e. The van der Waals surface area contributed by atoms with E-state index in [9.17, 15) is 0 Å². The zero-order valence-corrected chi connectivity index (χ0v) is 11.6. The minimum Gasteiger partial charge on any atom is -0.491 e. The van der Waals surface area contributed by atoms with Crippen molar-refractivity contribution >= 4 is 0 Å². The highest BCUT2D eigenvalue weighted by Crippen LogP contribution is 2.19. The number of rotatable bonds is 6. The van der Waals surface area contributed by atoms with Gasteiger partial charge in [-0.3, -0.25) is 4.68 Å². The van der Waals surface area contributed by atoms with Crippen molar-refractivity contribution < 1.29 is 9.47 Å². The lowest BCUT2D eigenvalue weighted by Crippen LogP contribution is -2.03. The molecule has 0 amide bonds. The first-order valence-corrected chi connectivity index (χ1v) is 6.36. The first-order chi connectivity index (χ1) is 9.24. The Bertz CT molecular complexity index is 520. The summed E-state index contributed by atoms with van der Waals surface area (Å²) in [7, 11) is 3.57. The van der Waals surface area contributed by atoms with E-state index in [1.54, 1.807) is 7.11 Å². The quantitative estimate of drug-likeness (QED) is 0.747. The molecule has 0 aliphatic carbocycles. The molecular formula is C14H19N3O2. The maximum Gasteiger partial charge on any atom is 0.181 e. The van der Waals surface area contributed by atoms with Gasteiger partial charge in [0.15, 0.2) is 5.82 Å². The molecule has 0 saturated carbocycles. The van der Waals surface area contributed by atoms with Gasteiger partial charge < -0.3 is 9.47 Å². The molecule has 5 heteroatoms. The Morgan fingerprint density at radius 3 is 2.47 bits per heavy atom. The third-order valence-electron chi connectivity index (χ3n) is 2.84. The average molecular weight is 261 g/mol. The Labute approximate surface area is 113 Å². The first kappa shape index (κ1) is 13.5. The number of hydrogen-bond acceptors (Lipinski definition) is 4. The lowest BCUT2D eigenvalue weighted by atomic mass is 10.2. The number of aromatic nitrogens is 3. The molecule has 0 unspecified atom stereocenters. The maximum absolute atomic E-state index is 5.52. The topological polar surface area (TPSA) is 49.2 Å². The summed E-state index contributed by atoms with van der Waals surface area (Å²) in [6.07, 6.45) is 0.877. The fourth-order valence-electron chi connectivity index (χ4n) is 1.79. The first-order valence-electron chi connectivity index (χ1n) is 6.36. The zero-order valence-electron chi connectivity index (χ0n) is 11.6. The van der Waals surface area contributed by atoms with Gasteiger partial charge in [-0.05, 0) is 24.3 Å². The fourth-order valence-corrected chi connectivity index (χ4v) is 1.79. The Balaban J connectivity index is 2.08. The highest BCUT2D eigenvalue weighted by atomic mass is 16.5. The number of benzene rings is 1. The zero-order chi connectivity index (χ0) is 13.7. The van der Waals surface area contributed by atoms with Crippen LogP contribution in [0.4, 0.5) is 0 Å². The second kappa shape index (κ2) is 6.33. The van der Waals surface area contributed by atoms with Gasteiger partial charge in [-0.2, -0.15) is 5.10 Å². The molecule has 5 nitrogen and oxygen atoms in total. The summed E-state index contributed by atoms with van der Waals surface area (Å²) in [5.74, 6) is 2.56. The van der Waals surface area contributed by atoms with E-state index in [2.05, 4.69) is 17.0 Å². The molecule has 0 spiro atoms. The predicted molar refractivity (Wildman–Crippen MR) is 73.2 cm³/mol. The molecule has 19 heavy (non-hydrogen) atoms. The molecule has 2 rings (SSSR count). The van der Waals surface area contributed by atoms with Gasteiger partial charge in [0.05, 0.1) is 6.61 Å². The molecule has 0 aliphatic rings. The molecule has 0 N–H and O–H groups in total. The van der Waals surface area contributed by atoms with Gasteiger partial charge in [-0.15, -0.1) is 0 Å². The van der Waals surface area contributed by atoms with Crippen molar-refractivity contribution in [2.75, 3.05) is 20.3 Å². The summed E-state index contributed by atoms with van der Waals surface area (Å²) in [5.41, 5.74) is 0.995. The van der Waals surface area contributed by atoms with Gasteiger partial charge in [-0.1, -0.05) is 6.92 Å². The van der Waals surface area contributed by atoms with Gasteiger partial charge >= 0.3 is 0 Å². The van der Waals surface area contributed by atoms with Gasteiger partial charge in [0.1, 0.15) is 18.2 Å². The third-order valence-corrected chi connectivity index (χ3v) is 2.84. The second-order valence-electron chi connectivity index (χ2n) is 4.19. The van der Waals surface area contributed by atoms with E-state index in [1.165, 1.54) is 0 Å². The van der Waals surface area contributed by atoms with Crippen molar-refractivity contribution in [2.24, 2.45) is 7.05 Å². The Morgan fingerprint density at radius 1 is 1.16 bits per heavy atom. The summed E-state index contributed by atoms with van der Waals surface area (Å²) in [6, 6.07) is 7.79. The highest BCUT2D eigenvalue weighted by Gasteiger charge is 2.07. The molecule has 1 aromatic heterocycles. The molecule has 0 bridgehead atoms. The molecule has 2 aromatic rings. The molecule has 102 valence electrons. The predicted octanol–water partition coefficient (Wildman–Crippen LogP) is 2.07. The van der Waals surface area contributed by atoms with E-state index >= 15 is 0 Å². The lowest BCUT2D eigenvalue weighted by Gasteiger charge is -2.05. The lowest BCUT2D eigenvalue weighted by molar-refractivity contribution is 0.146. The summed E-state index contributed by atoms with van der Waals surface area (Å²) in [4.78, 5) is 4.49. The average Bonchev–Trinajstić information content (AvgIpc) is 2.81. The van der Waals surface area contributed by atoms with E-state index < -0.39 is 0 Å². The molecule has 0 radical (unpaired) electrons. The van der Waals surface area contributed by atoms with Crippen LogP contribution in [0.25, 0.3) is 11.4 Å². The van der Waals surface area contributed by atoms with Crippen molar-refractivity contribution in [2.45, 2.75) is 13.3 Å². The summed E-state index contributed by atoms with van der Waals surface area (Å²) in [6.45, 7) is 3.21. The fraction of sp³-hybridized carbons (Fsp3) is 0.429. The van der Waals surface area contributed by atoms with Crippen LogP contribution in [0, 0.1) is 0 Å². The van der Waals surface area contributed by atoms with Crippen molar-refractivity contribution in [3.8, 4) is 17.1 Å². The SMILES string of the molecule is CCc1nc(-c2ccc(OCCOC)cc2)nn1C. The number of nitrogens with zero attached hydrogens (tertiary/aromatic N) is 3. The molecule has 0 atom stereocenters. The van der Waals surface area contributed by atoms with Gasteiger partial charge in [-0.25, -0.2) is 4.98 Å². The van der Waals surface area contributed by atoms with Crippen LogP contribution >= 0.6 is 0 Å². The van der Waals surface area contributed by atoms with Crippen molar-refractivity contribution in [1.82, 2.24) is 14.8 Å². The molecule has 0 aliphatic heterocycles. The van der Waals surface area contributed by atoms with E-state index in [0.29, 0.717) is 13.2 Å². The summed E-state index contributed by atoms with van der Waals surface area (Å²) >= 11 is 0.